The molecule has 0 saturated heterocycles. The Morgan fingerprint density at radius 1 is 0.214 bits per heavy atom. The molecule has 0 unspecified atom stereocenters. The van der Waals surface area contributed by atoms with Gasteiger partial charge in [-0.25, -0.2) is 0 Å². The van der Waals surface area contributed by atoms with Gasteiger partial charge in [-0.1, -0.05) is 143 Å². The van der Waals surface area contributed by atoms with Gasteiger partial charge in [-0.15, -0.1) is 0 Å². The predicted molar refractivity (Wildman–Crippen MR) is 240 cm³/mol. The van der Waals surface area contributed by atoms with E-state index >= 15 is 0 Å². The lowest BCUT2D eigenvalue weighted by atomic mass is 9.97. The predicted octanol–water partition coefficient (Wildman–Crippen LogP) is 14.2. The van der Waals surface area contributed by atoms with Crippen molar-refractivity contribution in [3.63, 3.8) is 0 Å². The molecule has 56 heavy (non-hydrogen) atoms. The minimum atomic E-state index is 0.883. The molecular weight excluding hydrogens is 685 g/mol. The molecule has 0 fully saturated rings. The number of rotatable bonds is 6. The lowest BCUT2D eigenvalue weighted by molar-refractivity contribution is 0.414. The summed E-state index contributed by atoms with van der Waals surface area (Å²) < 4.78 is 15.7. The van der Waals surface area contributed by atoms with Crippen molar-refractivity contribution in [3.05, 3.63) is 196 Å². The summed E-state index contributed by atoms with van der Waals surface area (Å²) in [6.45, 7) is 16.8. The van der Waals surface area contributed by atoms with Gasteiger partial charge in [0.25, 0.3) is 0 Å². The van der Waals surface area contributed by atoms with Crippen LogP contribution in [0.1, 0.15) is 44.5 Å². The van der Waals surface area contributed by atoms with Crippen LogP contribution in [0.25, 0.3) is 33.4 Å². The van der Waals surface area contributed by atoms with Crippen molar-refractivity contribution in [2.45, 2.75) is 55.4 Å². The van der Waals surface area contributed by atoms with E-state index in [2.05, 4.69) is 183 Å². The normalized spacial score (nSPS) is 10.1. The molecule has 0 N–H and O–H groups in total. The molecule has 0 saturated carbocycles. The highest BCUT2D eigenvalue weighted by Gasteiger charge is 2.06. The van der Waals surface area contributed by atoms with Crippen LogP contribution in [-0.2, 0) is 0 Å². The summed E-state index contributed by atoms with van der Waals surface area (Å²) in [5.74, 6) is 2.72. The van der Waals surface area contributed by atoms with Crippen LogP contribution >= 0.6 is 0 Å². The summed E-state index contributed by atoms with van der Waals surface area (Å²) in [5.41, 5.74) is 17.6. The average Bonchev–Trinajstić information content (AvgIpc) is 3.18. The van der Waals surface area contributed by atoms with Crippen molar-refractivity contribution in [3.8, 4) is 50.6 Å². The Kier molecular flexibility index (Phi) is 16.1. The highest BCUT2D eigenvalue weighted by molar-refractivity contribution is 5.75. The van der Waals surface area contributed by atoms with Gasteiger partial charge in [0, 0.05) is 0 Å². The second kappa shape index (κ2) is 21.1. The minimum absolute atomic E-state index is 0.883. The highest BCUT2D eigenvalue weighted by Crippen LogP contribution is 2.32. The summed E-state index contributed by atoms with van der Waals surface area (Å²) in [4.78, 5) is 0. The molecule has 0 aliphatic rings. The summed E-state index contributed by atoms with van der Waals surface area (Å²) in [6.07, 6.45) is 0. The third kappa shape index (κ3) is 13.7. The summed E-state index contributed by atoms with van der Waals surface area (Å²) in [5, 5.41) is 0. The fourth-order valence-corrected chi connectivity index (χ4v) is 6.32. The molecule has 7 aromatic carbocycles. The summed E-state index contributed by atoms with van der Waals surface area (Å²) in [7, 11) is 5.09. The Bertz CT molecular complexity index is 2110. The van der Waals surface area contributed by atoms with Gasteiger partial charge in [0.05, 0.1) is 21.3 Å². The molecule has 3 heteroatoms. The van der Waals surface area contributed by atoms with Gasteiger partial charge in [0.2, 0.25) is 0 Å². The van der Waals surface area contributed by atoms with Crippen molar-refractivity contribution in [1.29, 1.82) is 0 Å². The van der Waals surface area contributed by atoms with E-state index in [4.69, 9.17) is 14.2 Å². The quantitative estimate of drug-likeness (QED) is 0.170. The van der Waals surface area contributed by atoms with Crippen LogP contribution in [0.5, 0.6) is 17.2 Å². The number of aryl methyl sites for hydroxylation is 8. The first-order valence-corrected chi connectivity index (χ1v) is 19.1. The first-order valence-electron chi connectivity index (χ1n) is 19.1. The van der Waals surface area contributed by atoms with E-state index < -0.39 is 0 Å². The standard InChI is InChI=1S/C21H20O.C14H14O.C9H12O.C9H12/c1-15-4-8-17(9-5-15)19-12-20(14-21(13-19)22-3)18-10-6-16(2)7-11-18;1-11-3-5-12(6-4-11)13-7-9-14(15-2)10-8-13;1-7-4-8(2)6-9(5-7)10-3;1-7-4-8(2)6-9(3)5-7/h4-14H,1-3H3;3-10H,1-2H3;4-6H,1-3H3;4-6H,1-3H3. The largest absolute Gasteiger partial charge is 0.497 e. The molecule has 0 atom stereocenters. The zero-order valence-electron chi connectivity index (χ0n) is 35.2. The molecule has 7 rings (SSSR count). The molecule has 3 nitrogen and oxygen atoms in total. The average molecular weight is 743 g/mol. The van der Waals surface area contributed by atoms with Crippen molar-refractivity contribution in [2.24, 2.45) is 0 Å². The third-order valence-corrected chi connectivity index (χ3v) is 9.18. The summed E-state index contributed by atoms with van der Waals surface area (Å²) in [6, 6.07) is 52.9. The fraction of sp³-hybridized carbons (Fsp3) is 0.208. The topological polar surface area (TPSA) is 27.7 Å². The third-order valence-electron chi connectivity index (χ3n) is 9.18. The molecule has 7 aromatic rings. The van der Waals surface area contributed by atoms with Gasteiger partial charge in [-0.3, -0.25) is 0 Å². The number of hydrogen-bond donors (Lipinski definition) is 0. The van der Waals surface area contributed by atoms with E-state index in [0.717, 1.165) is 17.2 Å². The van der Waals surface area contributed by atoms with Gasteiger partial charge in [-0.2, -0.15) is 0 Å². The fourth-order valence-electron chi connectivity index (χ4n) is 6.32. The van der Waals surface area contributed by atoms with Crippen molar-refractivity contribution >= 4 is 0 Å². The number of benzene rings is 7. The number of hydrogen-bond acceptors (Lipinski definition) is 3. The van der Waals surface area contributed by atoms with Gasteiger partial charge in [0.15, 0.2) is 0 Å². The number of methoxy groups -OCH3 is 3. The molecule has 288 valence electrons. The van der Waals surface area contributed by atoms with Gasteiger partial charge >= 0.3 is 0 Å². The van der Waals surface area contributed by atoms with Crippen LogP contribution in [-0.4, -0.2) is 21.3 Å². The Morgan fingerprint density at radius 3 is 0.768 bits per heavy atom. The van der Waals surface area contributed by atoms with E-state index in [1.807, 2.05) is 24.3 Å². The van der Waals surface area contributed by atoms with Crippen LogP contribution in [0.4, 0.5) is 0 Å². The smallest absolute Gasteiger partial charge is 0.120 e. The lowest BCUT2D eigenvalue weighted by Gasteiger charge is -2.10. The molecule has 0 aliphatic heterocycles. The summed E-state index contributed by atoms with van der Waals surface area (Å²) >= 11 is 0. The molecule has 0 heterocycles. The molecule has 0 radical (unpaired) electrons. The Hall–Kier alpha value is -6.06. The second-order valence-electron chi connectivity index (χ2n) is 14.5. The van der Waals surface area contributed by atoms with Crippen LogP contribution < -0.4 is 14.2 Å². The molecule has 0 amide bonds. The zero-order valence-corrected chi connectivity index (χ0v) is 35.2. The molecule has 0 aromatic heterocycles. The highest BCUT2D eigenvalue weighted by atomic mass is 16.5. The van der Waals surface area contributed by atoms with Gasteiger partial charge in [-0.05, 0) is 142 Å². The van der Waals surface area contributed by atoms with Crippen LogP contribution in [0.2, 0.25) is 0 Å². The molecular formula is C53H58O3. The first-order chi connectivity index (χ1) is 26.8. The van der Waals surface area contributed by atoms with E-state index in [1.165, 1.54) is 77.9 Å². The van der Waals surface area contributed by atoms with Gasteiger partial charge < -0.3 is 14.2 Å². The minimum Gasteiger partial charge on any atom is -0.497 e. The van der Waals surface area contributed by atoms with E-state index in [1.54, 1.807) is 21.3 Å². The lowest BCUT2D eigenvalue weighted by Crippen LogP contribution is -1.88. The maximum atomic E-state index is 5.49. The van der Waals surface area contributed by atoms with Crippen molar-refractivity contribution in [2.75, 3.05) is 21.3 Å². The zero-order chi connectivity index (χ0) is 40.6. The van der Waals surface area contributed by atoms with Crippen LogP contribution in [0, 0.1) is 55.4 Å². The Labute approximate surface area is 336 Å². The maximum absolute atomic E-state index is 5.49. The first kappa shape index (κ1) is 42.7. The monoisotopic (exact) mass is 742 g/mol. The van der Waals surface area contributed by atoms with E-state index in [0.29, 0.717) is 0 Å². The molecule has 0 bridgehead atoms. The van der Waals surface area contributed by atoms with E-state index in [-0.39, 0.29) is 0 Å². The van der Waals surface area contributed by atoms with Crippen LogP contribution in [0.3, 0.4) is 0 Å². The van der Waals surface area contributed by atoms with E-state index in [9.17, 15) is 0 Å². The SMILES string of the molecule is COc1cc(-c2ccc(C)cc2)cc(-c2ccc(C)cc2)c1.COc1cc(C)cc(C)c1.COc1ccc(-c2ccc(C)cc2)cc1.Cc1cc(C)cc(C)c1. The molecule has 0 aliphatic carbocycles. The second-order valence-corrected chi connectivity index (χ2v) is 14.5. The van der Waals surface area contributed by atoms with Crippen molar-refractivity contribution in [1.82, 2.24) is 0 Å². The maximum Gasteiger partial charge on any atom is 0.120 e. The van der Waals surface area contributed by atoms with Crippen LogP contribution in [0.15, 0.2) is 152 Å². The van der Waals surface area contributed by atoms with Gasteiger partial charge in [0.1, 0.15) is 17.2 Å². The Morgan fingerprint density at radius 2 is 0.464 bits per heavy atom. The van der Waals surface area contributed by atoms with Crippen molar-refractivity contribution < 1.29 is 14.2 Å². The Balaban J connectivity index is 0.000000178. The molecule has 0 spiro atoms. The number of ether oxygens (including phenoxy) is 3.